The van der Waals surface area contributed by atoms with E-state index in [0.29, 0.717) is 18.5 Å². The van der Waals surface area contributed by atoms with Gasteiger partial charge in [0.05, 0.1) is 35.9 Å². The monoisotopic (exact) mass is 456 g/mol. The molecule has 3 aromatic rings. The van der Waals surface area contributed by atoms with Gasteiger partial charge in [-0.25, -0.2) is 4.98 Å². The first kappa shape index (κ1) is 20.1. The average Bonchev–Trinajstić information content (AvgIpc) is 3.22. The number of nitrogens with one attached hydrogen (secondary N) is 1. The summed E-state index contributed by atoms with van der Waals surface area (Å²) in [5.41, 5.74) is 4.45. The maximum absolute atomic E-state index is 13.2. The fraction of sp³-hybridized carbons (Fsp3) is 0.190. The number of benzene rings is 2. The summed E-state index contributed by atoms with van der Waals surface area (Å²) >= 11 is 3.48. The first-order valence-corrected chi connectivity index (χ1v) is 9.51. The zero-order chi connectivity index (χ0) is 18.8. The molecule has 2 aromatic carbocycles. The normalized spacial score (nSPS) is 14.0. The quantitative estimate of drug-likeness (QED) is 0.629. The van der Waals surface area contributed by atoms with Crippen molar-refractivity contribution in [2.45, 2.75) is 18.9 Å². The third-order valence-electron chi connectivity index (χ3n) is 4.95. The zero-order valence-electron chi connectivity index (χ0n) is 14.9. The Morgan fingerprint density at radius 3 is 2.71 bits per heavy atom. The second-order valence-corrected chi connectivity index (χ2v) is 7.50. The maximum atomic E-state index is 13.2. The molecule has 5 nitrogen and oxygen atoms in total. The molecule has 28 heavy (non-hydrogen) atoms. The Balaban J connectivity index is 0.00000225. The average molecular weight is 458 g/mol. The third kappa shape index (κ3) is 3.96. The minimum Gasteiger partial charge on any atom is -0.347 e. The number of aromatic amines is 1. The number of nitrogens with zero attached hydrogens (tertiary/aromatic N) is 3. The molecule has 0 radical (unpaired) electrons. The van der Waals surface area contributed by atoms with Gasteiger partial charge >= 0.3 is 0 Å². The Labute approximate surface area is 177 Å². The maximum Gasteiger partial charge on any atom is 0.254 e. The molecule has 1 atom stereocenters. The van der Waals surface area contributed by atoms with E-state index in [2.05, 4.69) is 32.0 Å². The second-order valence-electron chi connectivity index (χ2n) is 6.59. The van der Waals surface area contributed by atoms with Gasteiger partial charge in [0.1, 0.15) is 0 Å². The minimum atomic E-state index is -0.135. The van der Waals surface area contributed by atoms with Crippen LogP contribution in [-0.4, -0.2) is 27.3 Å². The topological polar surface area (TPSA) is 72.8 Å². The first-order chi connectivity index (χ1) is 13.2. The van der Waals surface area contributed by atoms with Crippen molar-refractivity contribution in [3.05, 3.63) is 87.4 Å². The number of halogens is 2. The number of hydrogen-bond donors (Lipinski definition) is 1. The largest absolute Gasteiger partial charge is 0.347 e. The lowest BCUT2D eigenvalue weighted by atomic mass is 9.94. The summed E-state index contributed by atoms with van der Waals surface area (Å²) in [6.07, 6.45) is 4.89. The molecule has 0 saturated carbocycles. The summed E-state index contributed by atoms with van der Waals surface area (Å²) in [4.78, 5) is 22.4. The van der Waals surface area contributed by atoms with Crippen LogP contribution in [0.15, 0.2) is 59.5 Å². The van der Waals surface area contributed by atoms with Crippen molar-refractivity contribution in [3.63, 3.8) is 0 Å². The lowest BCUT2D eigenvalue weighted by Gasteiger charge is -2.35. The summed E-state index contributed by atoms with van der Waals surface area (Å²) in [7, 11) is 0. The molecule has 7 heteroatoms. The number of hydrogen-bond acceptors (Lipinski definition) is 3. The number of H-pyrrole nitrogens is 1. The molecule has 1 aliphatic rings. The molecule has 0 saturated heterocycles. The second kappa shape index (κ2) is 8.59. The van der Waals surface area contributed by atoms with Gasteiger partial charge in [0.2, 0.25) is 0 Å². The van der Waals surface area contributed by atoms with Gasteiger partial charge < -0.3 is 9.88 Å². The highest BCUT2D eigenvalue weighted by Crippen LogP contribution is 2.31. The summed E-state index contributed by atoms with van der Waals surface area (Å²) in [6, 6.07) is 15.3. The molecule has 0 spiro atoms. The molecule has 2 heterocycles. The van der Waals surface area contributed by atoms with E-state index in [4.69, 9.17) is 5.26 Å². The van der Waals surface area contributed by atoms with Crippen LogP contribution in [0.5, 0.6) is 0 Å². The summed E-state index contributed by atoms with van der Waals surface area (Å²) in [5, 5.41) is 8.99. The smallest absolute Gasteiger partial charge is 0.254 e. The summed E-state index contributed by atoms with van der Waals surface area (Å²) in [6.45, 7) is 0.655. The number of amides is 1. The van der Waals surface area contributed by atoms with Crippen LogP contribution in [0.1, 0.15) is 38.8 Å². The van der Waals surface area contributed by atoms with Gasteiger partial charge in [-0.15, -0.1) is 12.4 Å². The van der Waals surface area contributed by atoms with Crippen LogP contribution in [0.2, 0.25) is 0 Å². The molecule has 1 aromatic heterocycles. The predicted octanol–water partition coefficient (Wildman–Crippen LogP) is 4.45. The van der Waals surface area contributed by atoms with Crippen molar-refractivity contribution in [2.24, 2.45) is 0 Å². The van der Waals surface area contributed by atoms with Crippen molar-refractivity contribution in [1.29, 1.82) is 5.26 Å². The van der Waals surface area contributed by atoms with Gasteiger partial charge in [-0.3, -0.25) is 4.79 Å². The number of fused-ring (bicyclic) bond motifs is 1. The Morgan fingerprint density at radius 1 is 1.25 bits per heavy atom. The van der Waals surface area contributed by atoms with Gasteiger partial charge in [-0.1, -0.05) is 28.1 Å². The molecule has 4 rings (SSSR count). The van der Waals surface area contributed by atoms with E-state index in [1.54, 1.807) is 12.5 Å². The highest BCUT2D eigenvalue weighted by Gasteiger charge is 2.31. The van der Waals surface area contributed by atoms with Crippen molar-refractivity contribution >= 4 is 34.2 Å². The molecule has 1 N–H and O–H groups in total. The molecule has 0 fully saturated rings. The number of aromatic nitrogens is 2. The van der Waals surface area contributed by atoms with E-state index < -0.39 is 0 Å². The number of carbonyl (C=O) groups is 1. The lowest BCUT2D eigenvalue weighted by molar-refractivity contribution is 0.0652. The first-order valence-electron chi connectivity index (χ1n) is 8.72. The van der Waals surface area contributed by atoms with E-state index in [1.807, 2.05) is 47.4 Å². The van der Waals surface area contributed by atoms with Crippen LogP contribution in [0.3, 0.4) is 0 Å². The van der Waals surface area contributed by atoms with Crippen molar-refractivity contribution in [2.75, 3.05) is 6.54 Å². The number of imidazole rings is 1. The molecule has 0 bridgehead atoms. The summed E-state index contributed by atoms with van der Waals surface area (Å²) in [5.74, 6) is 0.0389. The third-order valence-corrected chi connectivity index (χ3v) is 5.44. The van der Waals surface area contributed by atoms with E-state index in [-0.39, 0.29) is 24.4 Å². The van der Waals surface area contributed by atoms with E-state index in [0.717, 1.165) is 33.3 Å². The van der Waals surface area contributed by atoms with Gasteiger partial charge in [0, 0.05) is 16.6 Å². The Morgan fingerprint density at radius 2 is 2.04 bits per heavy atom. The molecule has 1 aliphatic heterocycles. The summed E-state index contributed by atoms with van der Waals surface area (Å²) < 4.78 is 0.991. The van der Waals surface area contributed by atoms with E-state index >= 15 is 0 Å². The SMILES string of the molecule is Cl.N#Cc1ccc(CC(c2cnc[nH]2)N2CCc3cc(Br)ccc3C2=O)cc1. The standard InChI is InChI=1S/C21H17BrN4O.ClH/c22-17-5-6-18-16(10-17)7-8-26(21(18)27)20(19-12-24-13-25-19)9-14-1-3-15(11-23)4-2-14;/h1-6,10,12-13,20H,7-9H2,(H,24,25);1H. The van der Waals surface area contributed by atoms with Crippen LogP contribution in [0, 0.1) is 11.3 Å². The molecular formula is C21H18BrClN4O. The van der Waals surface area contributed by atoms with Crippen molar-refractivity contribution in [3.8, 4) is 6.07 Å². The fourth-order valence-corrected chi connectivity index (χ4v) is 3.96. The van der Waals surface area contributed by atoms with Gasteiger partial charge in [-0.05, 0) is 54.3 Å². The number of rotatable bonds is 4. The van der Waals surface area contributed by atoms with Crippen LogP contribution in [0.25, 0.3) is 0 Å². The fourth-order valence-electron chi connectivity index (χ4n) is 3.55. The highest BCUT2D eigenvalue weighted by molar-refractivity contribution is 9.10. The Bertz CT molecular complexity index is 1010. The van der Waals surface area contributed by atoms with Crippen LogP contribution in [-0.2, 0) is 12.8 Å². The molecule has 0 aliphatic carbocycles. The minimum absolute atomic E-state index is 0. The van der Waals surface area contributed by atoms with E-state index in [1.165, 1.54) is 0 Å². The predicted molar refractivity (Wildman–Crippen MR) is 112 cm³/mol. The molecular weight excluding hydrogens is 440 g/mol. The molecule has 1 unspecified atom stereocenters. The Hall–Kier alpha value is -2.62. The van der Waals surface area contributed by atoms with Crippen molar-refractivity contribution in [1.82, 2.24) is 14.9 Å². The number of nitriles is 1. The van der Waals surface area contributed by atoms with Crippen LogP contribution in [0.4, 0.5) is 0 Å². The van der Waals surface area contributed by atoms with Gasteiger partial charge in [0.15, 0.2) is 0 Å². The molecule has 142 valence electrons. The lowest BCUT2D eigenvalue weighted by Crippen LogP contribution is -2.41. The van der Waals surface area contributed by atoms with Crippen LogP contribution >= 0.6 is 28.3 Å². The van der Waals surface area contributed by atoms with Crippen molar-refractivity contribution < 1.29 is 4.79 Å². The van der Waals surface area contributed by atoms with Crippen LogP contribution < -0.4 is 0 Å². The Kier molecular flexibility index (Phi) is 6.18. The molecule has 1 amide bonds. The van der Waals surface area contributed by atoms with Gasteiger partial charge in [0.25, 0.3) is 5.91 Å². The van der Waals surface area contributed by atoms with Gasteiger partial charge in [-0.2, -0.15) is 5.26 Å². The number of carbonyl (C=O) groups excluding carboxylic acids is 1. The highest BCUT2D eigenvalue weighted by atomic mass is 79.9. The zero-order valence-corrected chi connectivity index (χ0v) is 17.3. The van der Waals surface area contributed by atoms with E-state index in [9.17, 15) is 4.79 Å².